The van der Waals surface area contributed by atoms with Gasteiger partial charge in [-0.1, -0.05) is 38.1 Å². The first-order chi connectivity index (χ1) is 14.1. The van der Waals surface area contributed by atoms with E-state index in [2.05, 4.69) is 19.2 Å². The molecular weight excluding hydrogens is 403 g/mol. The summed E-state index contributed by atoms with van der Waals surface area (Å²) < 4.78 is 41.0. The van der Waals surface area contributed by atoms with Gasteiger partial charge in [-0.2, -0.15) is 4.31 Å². The van der Waals surface area contributed by atoms with Crippen LogP contribution in [-0.2, 0) is 21.4 Å². The Kier molecular flexibility index (Phi) is 6.62. The van der Waals surface area contributed by atoms with Crippen molar-refractivity contribution in [3.05, 3.63) is 65.5 Å². The lowest BCUT2D eigenvalue weighted by Crippen LogP contribution is -2.51. The molecule has 0 unspecified atom stereocenters. The molecule has 30 heavy (non-hydrogen) atoms. The zero-order chi connectivity index (χ0) is 21.9. The number of sulfonamides is 1. The minimum absolute atomic E-state index is 0.121. The molecular formula is C23H29FN2O3S. The maximum Gasteiger partial charge on any atom is 0.243 e. The molecule has 5 nitrogen and oxygen atoms in total. The predicted molar refractivity (Wildman–Crippen MR) is 115 cm³/mol. The van der Waals surface area contributed by atoms with Crippen molar-refractivity contribution in [1.29, 1.82) is 0 Å². The van der Waals surface area contributed by atoms with Gasteiger partial charge in [0.25, 0.3) is 0 Å². The Morgan fingerprint density at radius 1 is 1.20 bits per heavy atom. The molecule has 1 atom stereocenters. The molecule has 7 heteroatoms. The predicted octanol–water partition coefficient (Wildman–Crippen LogP) is 4.06. The maximum absolute atomic E-state index is 13.3. The normalized spacial score (nSPS) is 20.3. The number of hydrogen-bond donors (Lipinski definition) is 1. The van der Waals surface area contributed by atoms with Crippen molar-refractivity contribution in [3.8, 4) is 0 Å². The molecule has 2 aromatic carbocycles. The van der Waals surface area contributed by atoms with Crippen molar-refractivity contribution in [1.82, 2.24) is 9.62 Å². The summed E-state index contributed by atoms with van der Waals surface area (Å²) in [5.41, 5.74) is 0.905. The molecule has 1 fully saturated rings. The fourth-order valence-corrected chi connectivity index (χ4v) is 5.40. The Morgan fingerprint density at radius 2 is 1.90 bits per heavy atom. The van der Waals surface area contributed by atoms with E-state index in [0.717, 1.165) is 5.56 Å². The van der Waals surface area contributed by atoms with Crippen LogP contribution in [0.15, 0.2) is 53.4 Å². The van der Waals surface area contributed by atoms with Crippen LogP contribution >= 0.6 is 0 Å². The van der Waals surface area contributed by atoms with Crippen LogP contribution in [0.1, 0.15) is 50.7 Å². The van der Waals surface area contributed by atoms with E-state index in [4.69, 9.17) is 0 Å². The van der Waals surface area contributed by atoms with Gasteiger partial charge in [0, 0.05) is 19.6 Å². The Morgan fingerprint density at radius 3 is 2.53 bits per heavy atom. The minimum atomic E-state index is -3.68. The van der Waals surface area contributed by atoms with Crippen LogP contribution in [0.3, 0.4) is 0 Å². The number of carbonyl (C=O) groups excluding carboxylic acids is 1. The molecule has 1 saturated heterocycles. The van der Waals surface area contributed by atoms with E-state index in [0.29, 0.717) is 30.9 Å². The second-order valence-corrected chi connectivity index (χ2v) is 10.5. The minimum Gasteiger partial charge on any atom is -0.352 e. The van der Waals surface area contributed by atoms with Crippen molar-refractivity contribution in [2.45, 2.75) is 51.0 Å². The number of carbonyl (C=O) groups is 1. The van der Waals surface area contributed by atoms with Crippen molar-refractivity contribution in [3.63, 3.8) is 0 Å². The molecule has 0 saturated carbocycles. The van der Waals surface area contributed by atoms with E-state index in [9.17, 15) is 17.6 Å². The number of nitrogens with one attached hydrogen (secondary N) is 1. The van der Waals surface area contributed by atoms with E-state index < -0.39 is 15.4 Å². The molecule has 3 rings (SSSR count). The average Bonchev–Trinajstić information content (AvgIpc) is 2.72. The van der Waals surface area contributed by atoms with Crippen LogP contribution in [0.4, 0.5) is 4.39 Å². The molecule has 2 aromatic rings. The van der Waals surface area contributed by atoms with E-state index in [1.165, 1.54) is 16.4 Å². The molecule has 1 N–H and O–H groups in total. The summed E-state index contributed by atoms with van der Waals surface area (Å²) >= 11 is 0. The largest absolute Gasteiger partial charge is 0.352 e. The SMILES string of the molecule is CC(C)c1ccc(S(=O)(=O)N2CCC[C@](C)(C(=O)NCc3cccc(F)c3)C2)cc1. The molecule has 0 spiro atoms. The first-order valence-corrected chi connectivity index (χ1v) is 11.7. The summed E-state index contributed by atoms with van der Waals surface area (Å²) in [6.07, 6.45) is 1.20. The van der Waals surface area contributed by atoms with Gasteiger partial charge in [-0.25, -0.2) is 12.8 Å². The fourth-order valence-electron chi connectivity index (χ4n) is 3.80. The third-order valence-electron chi connectivity index (χ3n) is 5.74. The van der Waals surface area contributed by atoms with Crippen molar-refractivity contribution < 1.29 is 17.6 Å². The first-order valence-electron chi connectivity index (χ1n) is 10.2. The number of rotatable bonds is 6. The lowest BCUT2D eigenvalue weighted by atomic mass is 9.82. The van der Waals surface area contributed by atoms with Crippen molar-refractivity contribution >= 4 is 15.9 Å². The van der Waals surface area contributed by atoms with Gasteiger partial charge in [-0.3, -0.25) is 4.79 Å². The standard InChI is InChI=1S/C23H29FN2O3S/c1-17(2)19-8-10-21(11-9-19)30(28,29)26-13-5-12-23(3,16-26)22(27)25-15-18-6-4-7-20(24)14-18/h4,6-11,14,17H,5,12-13,15-16H2,1-3H3,(H,25,27)/t23-/m0/s1. The molecule has 1 aliphatic heterocycles. The number of amides is 1. The molecule has 0 radical (unpaired) electrons. The van der Waals surface area contributed by atoms with E-state index >= 15 is 0 Å². The highest BCUT2D eigenvalue weighted by molar-refractivity contribution is 7.89. The summed E-state index contributed by atoms with van der Waals surface area (Å²) in [5.74, 6) is -0.255. The Hall–Kier alpha value is -2.25. The monoisotopic (exact) mass is 432 g/mol. The van der Waals surface area contributed by atoms with Gasteiger partial charge in [0.05, 0.1) is 10.3 Å². The Labute approximate surface area is 178 Å². The molecule has 1 amide bonds. The highest BCUT2D eigenvalue weighted by atomic mass is 32.2. The lowest BCUT2D eigenvalue weighted by Gasteiger charge is -2.38. The summed E-state index contributed by atoms with van der Waals surface area (Å²) in [6, 6.07) is 13.0. The zero-order valence-electron chi connectivity index (χ0n) is 17.7. The molecule has 0 aromatic heterocycles. The summed E-state index contributed by atoms with van der Waals surface area (Å²) in [5, 5.41) is 2.84. The van der Waals surface area contributed by atoms with Crippen LogP contribution in [0.5, 0.6) is 0 Å². The molecule has 0 bridgehead atoms. The number of hydrogen-bond acceptors (Lipinski definition) is 3. The third kappa shape index (κ3) is 4.90. The first kappa shape index (κ1) is 22.4. The highest BCUT2D eigenvalue weighted by Gasteiger charge is 2.41. The van der Waals surface area contributed by atoms with Gasteiger partial charge in [-0.15, -0.1) is 0 Å². The second kappa shape index (κ2) is 8.86. The van der Waals surface area contributed by atoms with E-state index in [1.54, 1.807) is 31.2 Å². The highest BCUT2D eigenvalue weighted by Crippen LogP contribution is 2.33. The maximum atomic E-state index is 13.3. The van der Waals surface area contributed by atoms with Gasteiger partial charge in [0.15, 0.2) is 0 Å². The van der Waals surface area contributed by atoms with Gasteiger partial charge < -0.3 is 5.32 Å². The molecule has 1 heterocycles. The third-order valence-corrected chi connectivity index (χ3v) is 7.60. The summed E-state index contributed by atoms with van der Waals surface area (Å²) in [6.45, 7) is 6.62. The van der Waals surface area contributed by atoms with Gasteiger partial charge in [-0.05, 0) is 61.1 Å². The van der Waals surface area contributed by atoms with Crippen LogP contribution in [0.25, 0.3) is 0 Å². The van der Waals surface area contributed by atoms with Gasteiger partial charge >= 0.3 is 0 Å². The van der Waals surface area contributed by atoms with E-state index in [1.807, 2.05) is 12.1 Å². The van der Waals surface area contributed by atoms with Crippen LogP contribution in [0.2, 0.25) is 0 Å². The fraction of sp³-hybridized carbons (Fsp3) is 0.435. The lowest BCUT2D eigenvalue weighted by molar-refractivity contribution is -0.132. The van der Waals surface area contributed by atoms with Crippen molar-refractivity contribution in [2.75, 3.05) is 13.1 Å². The zero-order valence-corrected chi connectivity index (χ0v) is 18.5. The smallest absolute Gasteiger partial charge is 0.243 e. The Bertz CT molecular complexity index is 1010. The number of piperidine rings is 1. The molecule has 1 aliphatic rings. The van der Waals surface area contributed by atoms with Gasteiger partial charge in [0.1, 0.15) is 5.82 Å². The van der Waals surface area contributed by atoms with Crippen LogP contribution < -0.4 is 5.32 Å². The quantitative estimate of drug-likeness (QED) is 0.749. The number of halogens is 1. The van der Waals surface area contributed by atoms with Crippen LogP contribution in [-0.4, -0.2) is 31.7 Å². The topological polar surface area (TPSA) is 66.5 Å². The number of nitrogens with zero attached hydrogens (tertiary/aromatic N) is 1. The second-order valence-electron chi connectivity index (χ2n) is 8.54. The molecule has 162 valence electrons. The Balaban J connectivity index is 1.71. The van der Waals surface area contributed by atoms with E-state index in [-0.39, 0.29) is 29.7 Å². The summed E-state index contributed by atoms with van der Waals surface area (Å²) in [4.78, 5) is 13.1. The number of benzene rings is 2. The van der Waals surface area contributed by atoms with Crippen LogP contribution in [0, 0.1) is 11.2 Å². The van der Waals surface area contributed by atoms with Crippen molar-refractivity contribution in [2.24, 2.45) is 5.41 Å². The average molecular weight is 433 g/mol. The van der Waals surface area contributed by atoms with Gasteiger partial charge in [0.2, 0.25) is 15.9 Å². The summed E-state index contributed by atoms with van der Waals surface area (Å²) in [7, 11) is -3.68. The molecule has 0 aliphatic carbocycles.